The Balaban J connectivity index is 1.44. The SMILES string of the molecule is CCCCC1=Cc2c(ccc(C(C)C)c2-c2ccccc2-c2ccccc2)[CH]1[Zr]([Cl])([Cl])[c]1cccc2c1[SiH2]c1ccccc1-2. The summed E-state index contributed by atoms with van der Waals surface area (Å²) in [4.78, 5) is 0. The van der Waals surface area contributed by atoms with Crippen molar-refractivity contribution in [3.05, 3.63) is 131 Å². The first kappa shape index (κ1) is 30.2. The fraction of sp³-hybridized carbons (Fsp3) is 0.200. The van der Waals surface area contributed by atoms with Crippen LogP contribution in [0.25, 0.3) is 39.5 Å². The van der Waals surface area contributed by atoms with Crippen LogP contribution in [-0.4, -0.2) is 9.52 Å². The van der Waals surface area contributed by atoms with E-state index in [-0.39, 0.29) is 3.63 Å². The van der Waals surface area contributed by atoms with Gasteiger partial charge < -0.3 is 0 Å². The van der Waals surface area contributed by atoms with Crippen LogP contribution in [0.3, 0.4) is 0 Å². The van der Waals surface area contributed by atoms with Gasteiger partial charge in [-0.3, -0.25) is 0 Å². The Labute approximate surface area is 276 Å². The Morgan fingerprint density at radius 1 is 0.727 bits per heavy atom. The molecule has 44 heavy (non-hydrogen) atoms. The van der Waals surface area contributed by atoms with Crippen LogP contribution >= 0.6 is 17.0 Å². The van der Waals surface area contributed by atoms with E-state index in [1.165, 1.54) is 69.3 Å². The molecule has 7 rings (SSSR count). The molecular formula is C40H38Cl2SiZr. The third-order valence-electron chi connectivity index (χ3n) is 9.62. The molecule has 220 valence electrons. The standard InChI is InChI=1S/C28H29.C12H9Si.2ClH.Zr/c1-4-5-11-21-18-23-16-17-24(20(2)3)28(27(23)19-21)26-15-10-9-14-25(26)22-12-7-6-8-13-22;1-3-7-11-9(5-1)10-6-2-4-8-12(10)13-11;;;/h6-10,12-20H,4-5,11H2,1-3H3;1-7H,13H2;2*1H;/q;;;;+2/p-2. The summed E-state index contributed by atoms with van der Waals surface area (Å²) in [5.41, 5.74) is 13.4. The van der Waals surface area contributed by atoms with Crippen molar-refractivity contribution in [1.29, 1.82) is 0 Å². The van der Waals surface area contributed by atoms with Gasteiger partial charge >= 0.3 is 279 Å². The van der Waals surface area contributed by atoms with Crippen LogP contribution in [0.4, 0.5) is 0 Å². The van der Waals surface area contributed by atoms with Crippen molar-refractivity contribution in [1.82, 2.24) is 0 Å². The van der Waals surface area contributed by atoms with Crippen molar-refractivity contribution < 1.29 is 17.9 Å². The summed E-state index contributed by atoms with van der Waals surface area (Å²) in [5, 5.41) is 3.01. The Morgan fingerprint density at radius 3 is 2.16 bits per heavy atom. The van der Waals surface area contributed by atoms with Gasteiger partial charge in [0.15, 0.2) is 0 Å². The van der Waals surface area contributed by atoms with E-state index in [2.05, 4.69) is 136 Å². The maximum absolute atomic E-state index is 7.98. The van der Waals surface area contributed by atoms with Gasteiger partial charge in [0.1, 0.15) is 0 Å². The Morgan fingerprint density at radius 2 is 1.41 bits per heavy atom. The van der Waals surface area contributed by atoms with E-state index in [4.69, 9.17) is 17.0 Å². The first-order valence-electron chi connectivity index (χ1n) is 16.0. The molecule has 4 heteroatoms. The van der Waals surface area contributed by atoms with Crippen LogP contribution < -0.4 is 13.6 Å². The molecule has 0 bridgehead atoms. The topological polar surface area (TPSA) is 0 Å². The molecule has 0 fully saturated rings. The minimum atomic E-state index is -4.04. The summed E-state index contributed by atoms with van der Waals surface area (Å²) in [5.74, 6) is 0.382. The molecule has 0 radical (unpaired) electrons. The van der Waals surface area contributed by atoms with Crippen LogP contribution in [0.1, 0.15) is 66.3 Å². The second-order valence-corrected chi connectivity index (χ2v) is 28.5. The molecule has 2 aliphatic rings. The fourth-order valence-corrected chi connectivity index (χ4v) is 24.4. The van der Waals surface area contributed by atoms with Crippen LogP contribution in [0, 0.1) is 0 Å². The van der Waals surface area contributed by atoms with Crippen molar-refractivity contribution in [2.45, 2.75) is 49.6 Å². The van der Waals surface area contributed by atoms with Gasteiger partial charge in [-0.2, -0.15) is 0 Å². The quantitative estimate of drug-likeness (QED) is 0.138. The molecule has 0 N–H and O–H groups in total. The monoisotopic (exact) mass is 706 g/mol. The van der Waals surface area contributed by atoms with Crippen molar-refractivity contribution in [2.24, 2.45) is 0 Å². The van der Waals surface area contributed by atoms with E-state index in [0.29, 0.717) is 5.92 Å². The third kappa shape index (κ3) is 5.17. The molecule has 5 aromatic carbocycles. The molecule has 1 atom stereocenters. The Hall–Kier alpha value is -2.48. The second-order valence-electron chi connectivity index (χ2n) is 12.6. The van der Waals surface area contributed by atoms with E-state index in [1.807, 2.05) is 0 Å². The van der Waals surface area contributed by atoms with E-state index < -0.39 is 27.4 Å². The molecule has 1 unspecified atom stereocenters. The normalized spacial score (nSPS) is 15.8. The zero-order valence-corrected chi connectivity index (χ0v) is 31.1. The number of fused-ring (bicyclic) bond motifs is 4. The third-order valence-corrected chi connectivity index (χ3v) is 24.0. The zero-order valence-electron chi connectivity index (χ0n) is 25.7. The predicted octanol–water partition coefficient (Wildman–Crippen LogP) is 9.66. The van der Waals surface area contributed by atoms with E-state index in [0.717, 1.165) is 19.3 Å². The average Bonchev–Trinajstić information content (AvgIpc) is 3.62. The summed E-state index contributed by atoms with van der Waals surface area (Å²) in [7, 11) is 15.3. The van der Waals surface area contributed by atoms with Crippen molar-refractivity contribution in [3.63, 3.8) is 0 Å². The van der Waals surface area contributed by atoms with Crippen LogP contribution in [0.5, 0.6) is 0 Å². The van der Waals surface area contributed by atoms with Crippen molar-refractivity contribution in [2.75, 3.05) is 0 Å². The van der Waals surface area contributed by atoms with Gasteiger partial charge in [-0.15, -0.1) is 0 Å². The van der Waals surface area contributed by atoms with Crippen molar-refractivity contribution >= 4 is 46.3 Å². The molecule has 0 aromatic heterocycles. The Kier molecular flexibility index (Phi) is 8.49. The van der Waals surface area contributed by atoms with E-state index in [1.54, 1.807) is 0 Å². The average molecular weight is 709 g/mol. The van der Waals surface area contributed by atoms with Crippen LogP contribution in [-0.2, 0) is 17.9 Å². The molecule has 0 saturated carbocycles. The first-order valence-corrected chi connectivity index (χ1v) is 26.4. The molecule has 0 amide bonds. The van der Waals surface area contributed by atoms with Gasteiger partial charge in [-0.25, -0.2) is 0 Å². The molecule has 1 aliphatic heterocycles. The van der Waals surface area contributed by atoms with E-state index >= 15 is 0 Å². The molecule has 5 aromatic rings. The number of hydrogen-bond acceptors (Lipinski definition) is 0. The van der Waals surface area contributed by atoms with Gasteiger partial charge in [-0.05, 0) is 0 Å². The number of benzene rings is 5. The molecule has 0 nitrogen and oxygen atoms in total. The number of unbranched alkanes of at least 4 members (excludes halogenated alkanes) is 1. The second kappa shape index (κ2) is 12.4. The molecule has 0 saturated heterocycles. The maximum atomic E-state index is 7.98. The summed E-state index contributed by atoms with van der Waals surface area (Å²) in [6, 6.07) is 40.2. The van der Waals surface area contributed by atoms with Gasteiger partial charge in [-0.1, -0.05) is 0 Å². The molecule has 1 aliphatic carbocycles. The number of halogens is 2. The van der Waals surface area contributed by atoms with Gasteiger partial charge in [0.2, 0.25) is 0 Å². The summed E-state index contributed by atoms with van der Waals surface area (Å²) in [6.45, 7) is 6.90. The molecular weight excluding hydrogens is 671 g/mol. The number of allylic oxidation sites excluding steroid dienone is 1. The summed E-state index contributed by atoms with van der Waals surface area (Å²) < 4.78 is 1.41. The van der Waals surface area contributed by atoms with Crippen LogP contribution in [0.15, 0.2) is 115 Å². The molecule has 1 heterocycles. The van der Waals surface area contributed by atoms with Gasteiger partial charge in [0.05, 0.1) is 0 Å². The van der Waals surface area contributed by atoms with E-state index in [9.17, 15) is 0 Å². The zero-order chi connectivity index (χ0) is 30.4. The summed E-state index contributed by atoms with van der Waals surface area (Å²) >= 11 is -4.04. The molecule has 0 spiro atoms. The first-order chi connectivity index (χ1) is 21.4. The minimum absolute atomic E-state index is 0.0993. The van der Waals surface area contributed by atoms with Gasteiger partial charge in [0.25, 0.3) is 0 Å². The summed E-state index contributed by atoms with van der Waals surface area (Å²) in [6.07, 6.45) is 5.84. The predicted molar refractivity (Wildman–Crippen MR) is 193 cm³/mol. The fourth-order valence-electron chi connectivity index (χ4n) is 7.53. The van der Waals surface area contributed by atoms with Crippen molar-refractivity contribution in [3.8, 4) is 33.4 Å². The number of rotatable bonds is 8. The van der Waals surface area contributed by atoms with Gasteiger partial charge in [0, 0.05) is 0 Å². The number of hydrogen-bond donors (Lipinski definition) is 0. The Bertz CT molecular complexity index is 1890. The van der Waals surface area contributed by atoms with Crippen LogP contribution in [0.2, 0.25) is 0 Å².